The fourth-order valence-electron chi connectivity index (χ4n) is 1.56. The summed E-state index contributed by atoms with van der Waals surface area (Å²) in [6.07, 6.45) is 0.596. The Morgan fingerprint density at radius 3 is 2.65 bits per heavy atom. The summed E-state index contributed by atoms with van der Waals surface area (Å²) in [7, 11) is 0. The van der Waals surface area contributed by atoms with Gasteiger partial charge in [0.2, 0.25) is 11.0 Å². The molecule has 0 radical (unpaired) electrons. The van der Waals surface area contributed by atoms with Gasteiger partial charge < -0.3 is 10.4 Å². The summed E-state index contributed by atoms with van der Waals surface area (Å²) in [6.45, 7) is 0. The minimum absolute atomic E-state index is 0.00654. The number of carboxylic acids is 1. The number of benzene rings is 1. The predicted octanol–water partition coefficient (Wildman–Crippen LogP) is 1.74. The molecule has 0 saturated carbocycles. The van der Waals surface area contributed by atoms with E-state index in [0.29, 0.717) is 16.6 Å². The minimum atomic E-state index is -0.880. The molecule has 1 aromatic heterocycles. The quantitative estimate of drug-likeness (QED) is 0.845. The second-order valence-corrected chi connectivity index (χ2v) is 5.17. The normalized spacial score (nSPS) is 10.2. The molecule has 2 rings (SSSR count). The molecule has 0 bridgehead atoms. The first-order valence-electron chi connectivity index (χ1n) is 6.01. The molecule has 1 aromatic carbocycles. The molecule has 20 heavy (non-hydrogen) atoms. The van der Waals surface area contributed by atoms with E-state index in [1.165, 1.54) is 11.3 Å². The molecule has 2 N–H and O–H groups in total. The van der Waals surface area contributed by atoms with E-state index in [4.69, 9.17) is 5.11 Å². The minimum Gasteiger partial charge on any atom is -0.481 e. The van der Waals surface area contributed by atoms with E-state index in [1.807, 2.05) is 30.3 Å². The van der Waals surface area contributed by atoms with Crippen molar-refractivity contribution in [1.82, 2.24) is 10.2 Å². The molecule has 0 unspecified atom stereocenters. The molecule has 0 spiro atoms. The van der Waals surface area contributed by atoms with Crippen LogP contribution >= 0.6 is 11.3 Å². The molecule has 0 aliphatic rings. The van der Waals surface area contributed by atoms with Crippen LogP contribution < -0.4 is 5.32 Å². The van der Waals surface area contributed by atoms with Crippen molar-refractivity contribution in [2.24, 2.45) is 0 Å². The van der Waals surface area contributed by atoms with Crippen LogP contribution in [0.25, 0.3) is 0 Å². The van der Waals surface area contributed by atoms with Crippen LogP contribution in [-0.4, -0.2) is 27.2 Å². The fourth-order valence-corrected chi connectivity index (χ4v) is 2.32. The van der Waals surface area contributed by atoms with E-state index in [9.17, 15) is 9.59 Å². The maximum Gasteiger partial charge on any atom is 0.303 e. The monoisotopic (exact) mass is 291 g/mol. The highest BCUT2D eigenvalue weighted by Crippen LogP contribution is 2.16. The Morgan fingerprint density at radius 1 is 1.20 bits per heavy atom. The summed E-state index contributed by atoms with van der Waals surface area (Å²) in [5, 5.41) is 19.9. The van der Waals surface area contributed by atoms with Crippen LogP contribution in [0.15, 0.2) is 30.3 Å². The van der Waals surface area contributed by atoms with Gasteiger partial charge in [0, 0.05) is 6.42 Å². The molecule has 1 heterocycles. The molecule has 0 fully saturated rings. The number of nitrogens with one attached hydrogen (secondary N) is 1. The lowest BCUT2D eigenvalue weighted by atomic mass is 10.1. The summed E-state index contributed by atoms with van der Waals surface area (Å²) < 4.78 is 0. The SMILES string of the molecule is O=C(O)CCc1nnc(NC(=O)Cc2ccccc2)s1. The Balaban J connectivity index is 1.87. The van der Waals surface area contributed by atoms with Gasteiger partial charge >= 0.3 is 5.97 Å². The summed E-state index contributed by atoms with van der Waals surface area (Å²) in [5.41, 5.74) is 0.917. The lowest BCUT2D eigenvalue weighted by Crippen LogP contribution is -2.14. The summed E-state index contributed by atoms with van der Waals surface area (Å²) in [4.78, 5) is 22.2. The van der Waals surface area contributed by atoms with Gasteiger partial charge in [0.1, 0.15) is 5.01 Å². The van der Waals surface area contributed by atoms with E-state index in [0.717, 1.165) is 5.56 Å². The van der Waals surface area contributed by atoms with Crippen LogP contribution in [0.2, 0.25) is 0 Å². The number of aryl methyl sites for hydroxylation is 1. The number of carbonyl (C=O) groups excluding carboxylic acids is 1. The second kappa shape index (κ2) is 6.76. The van der Waals surface area contributed by atoms with E-state index >= 15 is 0 Å². The van der Waals surface area contributed by atoms with Gasteiger partial charge in [-0.3, -0.25) is 9.59 Å². The van der Waals surface area contributed by atoms with E-state index in [2.05, 4.69) is 15.5 Å². The Labute approximate surface area is 119 Å². The molecule has 0 aliphatic heterocycles. The van der Waals surface area contributed by atoms with E-state index in [1.54, 1.807) is 0 Å². The molecular formula is C13H13N3O3S. The highest BCUT2D eigenvalue weighted by Gasteiger charge is 2.09. The Morgan fingerprint density at radius 2 is 1.95 bits per heavy atom. The standard InChI is InChI=1S/C13H13N3O3S/c17-10(8-9-4-2-1-3-5-9)14-13-16-15-11(20-13)6-7-12(18)19/h1-5H,6-8H2,(H,18,19)(H,14,16,17). The van der Waals surface area contributed by atoms with Gasteiger partial charge in [-0.2, -0.15) is 0 Å². The number of hydrogen-bond donors (Lipinski definition) is 2. The topological polar surface area (TPSA) is 92.2 Å². The first kappa shape index (κ1) is 14.1. The average molecular weight is 291 g/mol. The van der Waals surface area contributed by atoms with Gasteiger partial charge in [-0.25, -0.2) is 0 Å². The number of nitrogens with zero attached hydrogens (tertiary/aromatic N) is 2. The van der Waals surface area contributed by atoms with Crippen molar-refractivity contribution in [1.29, 1.82) is 0 Å². The van der Waals surface area contributed by atoms with Crippen molar-refractivity contribution in [2.75, 3.05) is 5.32 Å². The maximum atomic E-state index is 11.8. The van der Waals surface area contributed by atoms with Crippen LogP contribution in [0.3, 0.4) is 0 Å². The summed E-state index contributed by atoms with van der Waals surface area (Å²) in [5.74, 6) is -1.05. The number of hydrogen-bond acceptors (Lipinski definition) is 5. The van der Waals surface area contributed by atoms with Gasteiger partial charge in [0.25, 0.3) is 0 Å². The summed E-state index contributed by atoms with van der Waals surface area (Å²) >= 11 is 1.20. The van der Waals surface area contributed by atoms with Crippen molar-refractivity contribution in [3.05, 3.63) is 40.9 Å². The Bertz CT molecular complexity index is 598. The van der Waals surface area contributed by atoms with Gasteiger partial charge in [-0.15, -0.1) is 10.2 Å². The number of aromatic nitrogens is 2. The van der Waals surface area contributed by atoms with E-state index in [-0.39, 0.29) is 18.7 Å². The number of aliphatic carboxylic acids is 1. The lowest BCUT2D eigenvalue weighted by Gasteiger charge is -2.00. The molecule has 0 atom stereocenters. The highest BCUT2D eigenvalue weighted by atomic mass is 32.1. The van der Waals surface area contributed by atoms with Crippen molar-refractivity contribution < 1.29 is 14.7 Å². The number of carbonyl (C=O) groups is 2. The van der Waals surface area contributed by atoms with Crippen LogP contribution in [0, 0.1) is 0 Å². The van der Waals surface area contributed by atoms with Crippen LogP contribution in [0.5, 0.6) is 0 Å². The van der Waals surface area contributed by atoms with Crippen molar-refractivity contribution in [3.8, 4) is 0 Å². The molecule has 0 saturated heterocycles. The molecule has 0 aliphatic carbocycles. The third kappa shape index (κ3) is 4.43. The van der Waals surface area contributed by atoms with Gasteiger partial charge in [-0.05, 0) is 5.56 Å². The van der Waals surface area contributed by atoms with Gasteiger partial charge in [0.15, 0.2) is 0 Å². The molecule has 6 nitrogen and oxygen atoms in total. The number of anilines is 1. The van der Waals surface area contributed by atoms with E-state index < -0.39 is 5.97 Å². The van der Waals surface area contributed by atoms with Gasteiger partial charge in [0.05, 0.1) is 12.8 Å². The third-order valence-corrected chi connectivity index (χ3v) is 3.37. The Hall–Kier alpha value is -2.28. The zero-order valence-corrected chi connectivity index (χ0v) is 11.4. The zero-order valence-electron chi connectivity index (χ0n) is 10.6. The molecule has 104 valence electrons. The average Bonchev–Trinajstić information content (AvgIpc) is 2.85. The zero-order chi connectivity index (χ0) is 14.4. The number of amides is 1. The first-order chi connectivity index (χ1) is 9.63. The van der Waals surface area contributed by atoms with Crippen LogP contribution in [0.1, 0.15) is 17.0 Å². The van der Waals surface area contributed by atoms with Crippen molar-refractivity contribution in [3.63, 3.8) is 0 Å². The fraction of sp³-hybridized carbons (Fsp3) is 0.231. The summed E-state index contributed by atoms with van der Waals surface area (Å²) in [6, 6.07) is 9.38. The molecule has 1 amide bonds. The van der Waals surface area contributed by atoms with Crippen LogP contribution in [0.4, 0.5) is 5.13 Å². The largest absolute Gasteiger partial charge is 0.481 e. The molecule has 7 heteroatoms. The first-order valence-corrected chi connectivity index (χ1v) is 6.83. The predicted molar refractivity (Wildman–Crippen MR) is 74.6 cm³/mol. The van der Waals surface area contributed by atoms with Crippen molar-refractivity contribution in [2.45, 2.75) is 19.3 Å². The lowest BCUT2D eigenvalue weighted by molar-refractivity contribution is -0.137. The Kier molecular flexibility index (Phi) is 4.78. The maximum absolute atomic E-state index is 11.8. The molecular weight excluding hydrogens is 278 g/mol. The van der Waals surface area contributed by atoms with Crippen LogP contribution in [-0.2, 0) is 22.4 Å². The van der Waals surface area contributed by atoms with Gasteiger partial charge in [-0.1, -0.05) is 41.7 Å². The molecule has 2 aromatic rings. The highest BCUT2D eigenvalue weighted by molar-refractivity contribution is 7.15. The smallest absolute Gasteiger partial charge is 0.303 e. The second-order valence-electron chi connectivity index (χ2n) is 4.11. The number of carboxylic acid groups (broad SMARTS) is 1. The third-order valence-electron chi connectivity index (χ3n) is 2.47. The van der Waals surface area contributed by atoms with Crippen molar-refractivity contribution >= 4 is 28.3 Å². The number of rotatable bonds is 6.